The maximum atomic E-state index is 14.0. The number of carbonyl (C=O) groups is 1. The van der Waals surface area contributed by atoms with E-state index in [0.717, 1.165) is 106 Å². The molecule has 5 aromatic rings. The number of benzene rings is 4. The molecule has 3 heterocycles. The van der Waals surface area contributed by atoms with Crippen molar-refractivity contribution in [2.75, 3.05) is 62.9 Å². The van der Waals surface area contributed by atoms with Gasteiger partial charge in [-0.05, 0) is 122 Å². The number of hydrogen-bond donors (Lipinski definition) is 4. The molecule has 0 bridgehead atoms. The van der Waals surface area contributed by atoms with E-state index in [2.05, 4.69) is 45.5 Å². The van der Waals surface area contributed by atoms with Gasteiger partial charge in [0.25, 0.3) is 15.9 Å². The minimum Gasteiger partial charge on any atom is -0.491 e. The van der Waals surface area contributed by atoms with Gasteiger partial charge in [0.2, 0.25) is 0 Å². The number of aromatic amines is 1. The Morgan fingerprint density at radius 2 is 1.74 bits per heavy atom. The zero-order valence-electron chi connectivity index (χ0n) is 34.7. The SMILES string of the molecule is CC1(C)CCC(CN2CCN(c3ccc(C(=O)NS(=O)(=O)c4ccc(OCCC5CCOCC5)c(NO)c4)c(Oc4cccc5[nH]ccc45)c3)CC2)=C(c2ccc(Cl)cc2)C1. The van der Waals surface area contributed by atoms with Gasteiger partial charge in [0.15, 0.2) is 0 Å². The smallest absolute Gasteiger partial charge is 0.268 e. The number of anilines is 2. The van der Waals surface area contributed by atoms with Crippen LogP contribution in [0.3, 0.4) is 0 Å². The molecule has 61 heavy (non-hydrogen) atoms. The molecule has 0 radical (unpaired) electrons. The van der Waals surface area contributed by atoms with Crippen molar-refractivity contribution >= 4 is 55.4 Å². The lowest BCUT2D eigenvalue weighted by Gasteiger charge is -2.39. The highest BCUT2D eigenvalue weighted by Gasteiger charge is 2.30. The van der Waals surface area contributed by atoms with E-state index < -0.39 is 15.9 Å². The van der Waals surface area contributed by atoms with Crippen molar-refractivity contribution in [2.45, 2.75) is 57.3 Å². The van der Waals surface area contributed by atoms with Crippen molar-refractivity contribution in [3.8, 4) is 17.2 Å². The summed E-state index contributed by atoms with van der Waals surface area (Å²) in [4.78, 5) is 21.7. The second-order valence-corrected chi connectivity index (χ2v) is 19.2. The van der Waals surface area contributed by atoms with Crippen molar-refractivity contribution in [2.24, 2.45) is 11.3 Å². The van der Waals surface area contributed by atoms with E-state index in [4.69, 9.17) is 25.8 Å². The molecular formula is C47H54ClN5O7S. The summed E-state index contributed by atoms with van der Waals surface area (Å²) in [6.45, 7) is 10.7. The molecule has 0 saturated carbocycles. The van der Waals surface area contributed by atoms with E-state index in [1.807, 2.05) is 60.2 Å². The number of hydrogen-bond acceptors (Lipinski definition) is 10. The summed E-state index contributed by atoms with van der Waals surface area (Å²) in [5, 5.41) is 11.5. The van der Waals surface area contributed by atoms with E-state index in [9.17, 15) is 18.4 Å². The number of ether oxygens (including phenoxy) is 3. The number of amides is 1. The molecule has 8 rings (SSSR count). The Morgan fingerprint density at radius 1 is 0.951 bits per heavy atom. The number of halogens is 1. The molecule has 2 saturated heterocycles. The standard InChI is InChI=1S/C47H54ClN5O7S/c1-47(2)19-14-34(40(30-47)33-6-8-35(48)9-7-33)31-52-21-23-53(24-22-52)36-10-12-39(45(28-36)60-43-5-3-4-41-38(43)15-20-49-41)46(54)51-61(56,57)37-11-13-44(42(29-37)50-55)59-27-18-32-16-25-58-26-17-32/h3-13,15,20,28-29,32,49-50,55H,14,16-19,21-27,30-31H2,1-2H3,(H,51,54). The van der Waals surface area contributed by atoms with Crippen molar-refractivity contribution in [3.63, 3.8) is 0 Å². The summed E-state index contributed by atoms with van der Waals surface area (Å²) < 4.78 is 47.5. The molecule has 14 heteroatoms. The summed E-state index contributed by atoms with van der Waals surface area (Å²) >= 11 is 6.25. The van der Waals surface area contributed by atoms with Crippen LogP contribution in [-0.2, 0) is 14.8 Å². The van der Waals surface area contributed by atoms with Gasteiger partial charge in [-0.3, -0.25) is 20.4 Å². The first kappa shape index (κ1) is 42.6. The maximum Gasteiger partial charge on any atom is 0.268 e. The highest BCUT2D eigenvalue weighted by molar-refractivity contribution is 7.90. The quantitative estimate of drug-likeness (QED) is 0.0797. The zero-order chi connectivity index (χ0) is 42.6. The highest BCUT2D eigenvalue weighted by atomic mass is 35.5. The van der Waals surface area contributed by atoms with Crippen LogP contribution in [0.1, 0.15) is 68.3 Å². The molecule has 1 amide bonds. The Kier molecular flexibility index (Phi) is 12.9. The van der Waals surface area contributed by atoms with Crippen molar-refractivity contribution < 1.29 is 32.6 Å². The Bertz CT molecular complexity index is 2490. The van der Waals surface area contributed by atoms with Gasteiger partial charge in [0, 0.05) is 79.8 Å². The number of nitrogens with zero attached hydrogens (tertiary/aromatic N) is 2. The molecule has 2 fully saturated rings. The molecule has 322 valence electrons. The number of sulfonamides is 1. The first-order chi connectivity index (χ1) is 29.4. The fourth-order valence-electron chi connectivity index (χ4n) is 8.64. The fourth-order valence-corrected chi connectivity index (χ4v) is 9.76. The molecule has 4 N–H and O–H groups in total. The van der Waals surface area contributed by atoms with Gasteiger partial charge in [-0.15, -0.1) is 0 Å². The van der Waals surface area contributed by atoms with Crippen LogP contribution in [0.4, 0.5) is 11.4 Å². The number of aromatic nitrogens is 1. The highest BCUT2D eigenvalue weighted by Crippen LogP contribution is 2.43. The van der Waals surface area contributed by atoms with Crippen molar-refractivity contribution in [1.29, 1.82) is 0 Å². The molecule has 0 atom stereocenters. The van der Waals surface area contributed by atoms with Crippen LogP contribution in [0.5, 0.6) is 17.2 Å². The van der Waals surface area contributed by atoms with Gasteiger partial charge in [-0.25, -0.2) is 13.1 Å². The summed E-state index contributed by atoms with van der Waals surface area (Å²) in [5.41, 5.74) is 8.29. The van der Waals surface area contributed by atoms with E-state index in [0.29, 0.717) is 24.0 Å². The third-order valence-electron chi connectivity index (χ3n) is 12.2. The number of piperazine rings is 1. The fraction of sp³-hybridized carbons (Fsp3) is 0.383. The minimum atomic E-state index is -4.40. The molecule has 12 nitrogen and oxygen atoms in total. The van der Waals surface area contributed by atoms with E-state index in [1.165, 1.54) is 34.9 Å². The van der Waals surface area contributed by atoms with E-state index in [1.54, 1.807) is 6.07 Å². The van der Waals surface area contributed by atoms with Gasteiger partial charge in [0.1, 0.15) is 22.9 Å². The predicted molar refractivity (Wildman–Crippen MR) is 240 cm³/mol. The van der Waals surface area contributed by atoms with Crippen molar-refractivity contribution in [1.82, 2.24) is 14.6 Å². The topological polar surface area (TPSA) is 145 Å². The number of carbonyl (C=O) groups excluding carboxylic acids is 1. The predicted octanol–water partition coefficient (Wildman–Crippen LogP) is 9.51. The lowest BCUT2D eigenvalue weighted by molar-refractivity contribution is 0.0593. The van der Waals surface area contributed by atoms with Crippen LogP contribution in [-0.4, -0.2) is 82.0 Å². The first-order valence-corrected chi connectivity index (χ1v) is 22.9. The molecule has 2 aliphatic heterocycles. The summed E-state index contributed by atoms with van der Waals surface area (Å²) in [7, 11) is -4.40. The van der Waals surface area contributed by atoms with Crippen LogP contribution in [0.25, 0.3) is 16.5 Å². The molecule has 1 aliphatic carbocycles. The summed E-state index contributed by atoms with van der Waals surface area (Å²) in [6, 6.07) is 25.0. The van der Waals surface area contributed by atoms with Crippen LogP contribution >= 0.6 is 11.6 Å². The number of nitrogens with one attached hydrogen (secondary N) is 3. The lowest BCUT2D eigenvalue weighted by Crippen LogP contribution is -2.47. The molecular weight excluding hydrogens is 814 g/mol. The Morgan fingerprint density at radius 3 is 2.51 bits per heavy atom. The summed E-state index contributed by atoms with van der Waals surface area (Å²) in [5.74, 6) is 0.655. The Labute approximate surface area is 362 Å². The molecule has 4 aromatic carbocycles. The van der Waals surface area contributed by atoms with Crippen molar-refractivity contribution in [3.05, 3.63) is 113 Å². The maximum absolute atomic E-state index is 14.0. The zero-order valence-corrected chi connectivity index (χ0v) is 36.3. The van der Waals surface area contributed by atoms with E-state index in [-0.39, 0.29) is 27.3 Å². The van der Waals surface area contributed by atoms with Gasteiger partial charge >= 0.3 is 0 Å². The third kappa shape index (κ3) is 10.2. The Hall–Kier alpha value is -5.05. The second kappa shape index (κ2) is 18.5. The van der Waals surface area contributed by atoms with Crippen LogP contribution < -0.4 is 24.6 Å². The number of fused-ring (bicyclic) bond motifs is 1. The normalized spacial score (nSPS) is 17.7. The average Bonchev–Trinajstić information content (AvgIpc) is 3.75. The summed E-state index contributed by atoms with van der Waals surface area (Å²) in [6.07, 6.45) is 7.80. The molecule has 3 aliphatic rings. The first-order valence-electron chi connectivity index (χ1n) is 21.1. The van der Waals surface area contributed by atoms with Gasteiger partial charge in [-0.2, -0.15) is 0 Å². The minimum absolute atomic E-state index is 0.0500. The lowest BCUT2D eigenvalue weighted by atomic mass is 9.72. The van der Waals surface area contributed by atoms with Crippen LogP contribution in [0.15, 0.2) is 102 Å². The van der Waals surface area contributed by atoms with Gasteiger partial charge < -0.3 is 24.1 Å². The van der Waals surface area contributed by atoms with Crippen LogP contribution in [0.2, 0.25) is 5.02 Å². The molecule has 0 spiro atoms. The monoisotopic (exact) mass is 867 g/mol. The average molecular weight is 868 g/mol. The second-order valence-electron chi connectivity index (χ2n) is 17.1. The molecule has 1 aromatic heterocycles. The third-order valence-corrected chi connectivity index (χ3v) is 13.8. The molecule has 0 unspecified atom stereocenters. The number of H-pyrrole nitrogens is 1. The number of allylic oxidation sites excluding steroid dienone is 1. The largest absolute Gasteiger partial charge is 0.491 e. The van der Waals surface area contributed by atoms with Gasteiger partial charge in [-0.1, -0.05) is 49.2 Å². The van der Waals surface area contributed by atoms with Crippen LogP contribution in [0, 0.1) is 11.3 Å². The van der Waals surface area contributed by atoms with Gasteiger partial charge in [0.05, 0.1) is 17.1 Å². The number of rotatable bonds is 14. The van der Waals surface area contributed by atoms with E-state index >= 15 is 0 Å². The Balaban J connectivity index is 0.989.